The lowest BCUT2D eigenvalue weighted by Crippen LogP contribution is -2.29. The van der Waals surface area contributed by atoms with Gasteiger partial charge in [0.25, 0.3) is 0 Å². The monoisotopic (exact) mass is 258 g/mol. The molecule has 102 valence electrons. The van der Waals surface area contributed by atoms with E-state index in [1.807, 2.05) is 30.2 Å². The number of aromatic nitrogens is 3. The van der Waals surface area contributed by atoms with Crippen LogP contribution < -0.4 is 5.32 Å². The first-order chi connectivity index (χ1) is 9.18. The van der Waals surface area contributed by atoms with E-state index in [-0.39, 0.29) is 0 Å². The van der Waals surface area contributed by atoms with E-state index in [2.05, 4.69) is 22.2 Å². The molecule has 4 nitrogen and oxygen atoms in total. The molecule has 1 aliphatic rings. The summed E-state index contributed by atoms with van der Waals surface area (Å²) in [4.78, 5) is 8.89. The van der Waals surface area contributed by atoms with Gasteiger partial charge in [0.1, 0.15) is 5.52 Å². The van der Waals surface area contributed by atoms with E-state index >= 15 is 0 Å². The lowest BCUT2D eigenvalue weighted by Gasteiger charge is -2.33. The molecule has 2 aromatic heterocycles. The predicted molar refractivity (Wildman–Crippen MR) is 78.2 cm³/mol. The lowest BCUT2D eigenvalue weighted by atomic mass is 9.76. The number of anilines is 1. The summed E-state index contributed by atoms with van der Waals surface area (Å²) in [6.07, 6.45) is 10.5. The Labute approximate surface area is 114 Å². The van der Waals surface area contributed by atoms with E-state index in [9.17, 15) is 0 Å². The van der Waals surface area contributed by atoms with Crippen molar-refractivity contribution in [3.63, 3.8) is 0 Å². The van der Waals surface area contributed by atoms with Crippen LogP contribution in [0.4, 0.5) is 5.82 Å². The highest BCUT2D eigenvalue weighted by atomic mass is 15.1. The zero-order valence-electron chi connectivity index (χ0n) is 11.8. The number of nitrogens with zero attached hydrogens (tertiary/aromatic N) is 3. The van der Waals surface area contributed by atoms with Crippen LogP contribution in [0.15, 0.2) is 18.6 Å². The van der Waals surface area contributed by atoms with Crippen LogP contribution in [0.1, 0.15) is 39.0 Å². The van der Waals surface area contributed by atoms with Crippen LogP contribution in [-0.4, -0.2) is 21.1 Å². The molecule has 19 heavy (non-hydrogen) atoms. The fraction of sp³-hybridized carbons (Fsp3) is 0.600. The number of rotatable bonds is 3. The Morgan fingerprint density at radius 2 is 2.05 bits per heavy atom. The molecule has 1 aliphatic carbocycles. The second-order valence-electron chi connectivity index (χ2n) is 6.11. The molecule has 2 aromatic rings. The van der Waals surface area contributed by atoms with Crippen LogP contribution in [-0.2, 0) is 7.05 Å². The van der Waals surface area contributed by atoms with Crippen LogP contribution in [0.5, 0.6) is 0 Å². The normalized spacial score (nSPS) is 18.6. The SMILES string of the molecule is Cn1cnc2c(NCC3(C)CCCCC3)nccc21. The van der Waals surface area contributed by atoms with Gasteiger partial charge in [0.05, 0.1) is 11.8 Å². The van der Waals surface area contributed by atoms with Gasteiger partial charge in [0.15, 0.2) is 5.82 Å². The summed E-state index contributed by atoms with van der Waals surface area (Å²) in [6.45, 7) is 3.38. The van der Waals surface area contributed by atoms with Crippen molar-refractivity contribution in [3.8, 4) is 0 Å². The van der Waals surface area contributed by atoms with Gasteiger partial charge in [-0.3, -0.25) is 0 Å². The summed E-state index contributed by atoms with van der Waals surface area (Å²) >= 11 is 0. The van der Waals surface area contributed by atoms with Crippen molar-refractivity contribution in [1.82, 2.24) is 14.5 Å². The van der Waals surface area contributed by atoms with Gasteiger partial charge in [-0.15, -0.1) is 0 Å². The number of aryl methyl sites for hydroxylation is 1. The zero-order valence-corrected chi connectivity index (χ0v) is 11.8. The molecule has 0 spiro atoms. The maximum absolute atomic E-state index is 4.45. The molecule has 3 rings (SSSR count). The summed E-state index contributed by atoms with van der Waals surface area (Å²) in [5.74, 6) is 0.921. The standard InChI is InChI=1S/C15H22N4/c1-15(7-4-3-5-8-15)10-17-14-13-12(6-9-16-14)19(2)11-18-13/h6,9,11H,3-5,7-8,10H2,1-2H3,(H,16,17). The Hall–Kier alpha value is -1.58. The smallest absolute Gasteiger partial charge is 0.154 e. The Kier molecular flexibility index (Phi) is 3.17. The Morgan fingerprint density at radius 1 is 1.26 bits per heavy atom. The van der Waals surface area contributed by atoms with Gasteiger partial charge >= 0.3 is 0 Å². The molecule has 0 aromatic carbocycles. The number of imidazole rings is 1. The van der Waals surface area contributed by atoms with Gasteiger partial charge in [-0.05, 0) is 24.3 Å². The summed E-state index contributed by atoms with van der Waals surface area (Å²) < 4.78 is 2.03. The zero-order chi connectivity index (χ0) is 13.3. The average molecular weight is 258 g/mol. The minimum absolute atomic E-state index is 0.414. The molecular formula is C15H22N4. The van der Waals surface area contributed by atoms with E-state index in [0.29, 0.717) is 5.41 Å². The molecule has 2 heterocycles. The van der Waals surface area contributed by atoms with Gasteiger partial charge in [-0.1, -0.05) is 26.2 Å². The molecule has 0 radical (unpaired) electrons. The quantitative estimate of drug-likeness (QED) is 0.918. The highest BCUT2D eigenvalue weighted by Crippen LogP contribution is 2.36. The highest BCUT2D eigenvalue weighted by molar-refractivity contribution is 5.85. The fourth-order valence-electron chi connectivity index (χ4n) is 3.07. The van der Waals surface area contributed by atoms with E-state index < -0.39 is 0 Å². The summed E-state index contributed by atoms with van der Waals surface area (Å²) in [7, 11) is 2.02. The van der Waals surface area contributed by atoms with Gasteiger partial charge in [-0.2, -0.15) is 0 Å². The van der Waals surface area contributed by atoms with Gasteiger partial charge in [0.2, 0.25) is 0 Å². The van der Waals surface area contributed by atoms with Crippen molar-refractivity contribution in [1.29, 1.82) is 0 Å². The third-order valence-electron chi connectivity index (χ3n) is 4.39. The van der Waals surface area contributed by atoms with Gasteiger partial charge < -0.3 is 9.88 Å². The van der Waals surface area contributed by atoms with E-state index in [0.717, 1.165) is 23.4 Å². The molecular weight excluding hydrogens is 236 g/mol. The van der Waals surface area contributed by atoms with Crippen molar-refractivity contribution in [2.24, 2.45) is 12.5 Å². The molecule has 0 unspecified atom stereocenters. The minimum atomic E-state index is 0.414. The number of pyridine rings is 1. The lowest BCUT2D eigenvalue weighted by molar-refractivity contribution is 0.233. The summed E-state index contributed by atoms with van der Waals surface area (Å²) in [6, 6.07) is 2.01. The maximum atomic E-state index is 4.45. The molecule has 1 fully saturated rings. The van der Waals surface area contributed by atoms with E-state index in [1.54, 1.807) is 0 Å². The average Bonchev–Trinajstić information content (AvgIpc) is 2.80. The van der Waals surface area contributed by atoms with Gasteiger partial charge in [0, 0.05) is 19.8 Å². The van der Waals surface area contributed by atoms with Crippen molar-refractivity contribution in [2.45, 2.75) is 39.0 Å². The number of fused-ring (bicyclic) bond motifs is 1. The van der Waals surface area contributed by atoms with Crippen molar-refractivity contribution >= 4 is 16.9 Å². The topological polar surface area (TPSA) is 42.7 Å². The summed E-state index contributed by atoms with van der Waals surface area (Å²) in [5.41, 5.74) is 2.52. The third kappa shape index (κ3) is 2.44. The molecule has 0 bridgehead atoms. The van der Waals surface area contributed by atoms with Crippen molar-refractivity contribution in [3.05, 3.63) is 18.6 Å². The van der Waals surface area contributed by atoms with E-state index in [4.69, 9.17) is 0 Å². The van der Waals surface area contributed by atoms with Crippen LogP contribution in [0, 0.1) is 5.41 Å². The number of hydrogen-bond donors (Lipinski definition) is 1. The molecule has 0 amide bonds. The highest BCUT2D eigenvalue weighted by Gasteiger charge is 2.26. The molecule has 1 saturated carbocycles. The molecule has 0 atom stereocenters. The second kappa shape index (κ2) is 4.83. The van der Waals surface area contributed by atoms with Crippen LogP contribution in [0.2, 0.25) is 0 Å². The minimum Gasteiger partial charge on any atom is -0.368 e. The Morgan fingerprint density at radius 3 is 2.84 bits per heavy atom. The fourth-order valence-corrected chi connectivity index (χ4v) is 3.07. The second-order valence-corrected chi connectivity index (χ2v) is 6.11. The third-order valence-corrected chi connectivity index (χ3v) is 4.39. The van der Waals surface area contributed by atoms with Crippen molar-refractivity contribution < 1.29 is 0 Å². The number of nitrogens with one attached hydrogen (secondary N) is 1. The van der Waals surface area contributed by atoms with E-state index in [1.165, 1.54) is 32.1 Å². The Balaban J connectivity index is 1.78. The predicted octanol–water partition coefficient (Wildman–Crippen LogP) is 3.35. The molecule has 0 aliphatic heterocycles. The number of hydrogen-bond acceptors (Lipinski definition) is 3. The van der Waals surface area contributed by atoms with Crippen molar-refractivity contribution in [2.75, 3.05) is 11.9 Å². The first-order valence-corrected chi connectivity index (χ1v) is 7.18. The van der Waals surface area contributed by atoms with Crippen LogP contribution >= 0.6 is 0 Å². The largest absolute Gasteiger partial charge is 0.368 e. The van der Waals surface area contributed by atoms with Crippen LogP contribution in [0.25, 0.3) is 11.0 Å². The first-order valence-electron chi connectivity index (χ1n) is 7.18. The molecule has 1 N–H and O–H groups in total. The Bertz CT molecular complexity index is 567. The molecule has 0 saturated heterocycles. The molecule has 4 heteroatoms. The van der Waals surface area contributed by atoms with Gasteiger partial charge in [-0.25, -0.2) is 9.97 Å². The first kappa shape index (κ1) is 12.5. The van der Waals surface area contributed by atoms with Crippen LogP contribution in [0.3, 0.4) is 0 Å². The summed E-state index contributed by atoms with van der Waals surface area (Å²) in [5, 5.41) is 3.52. The maximum Gasteiger partial charge on any atom is 0.154 e.